The van der Waals surface area contributed by atoms with Gasteiger partial charge in [-0.2, -0.15) is 0 Å². The molecule has 5 nitrogen and oxygen atoms in total. The van der Waals surface area contributed by atoms with Crippen LogP contribution in [0.2, 0.25) is 6.32 Å². The van der Waals surface area contributed by atoms with Crippen molar-refractivity contribution >= 4 is 13.1 Å². The van der Waals surface area contributed by atoms with Crippen LogP contribution in [0.1, 0.15) is 72.1 Å². The molecule has 0 aromatic carbocycles. The summed E-state index contributed by atoms with van der Waals surface area (Å²) in [5, 5.41) is 9.87. The minimum atomic E-state index is -0.585. The molecular formula is C24H40BNO4. The van der Waals surface area contributed by atoms with Crippen molar-refractivity contribution in [2.24, 2.45) is 35.0 Å². The topological polar surface area (TPSA) is 59.0 Å². The second-order valence-electron chi connectivity index (χ2n) is 11.9. The van der Waals surface area contributed by atoms with E-state index in [2.05, 4.69) is 25.7 Å². The van der Waals surface area contributed by atoms with Crippen molar-refractivity contribution in [3.8, 4) is 0 Å². The molecule has 30 heavy (non-hydrogen) atoms. The second kappa shape index (κ2) is 7.77. The van der Waals surface area contributed by atoms with Gasteiger partial charge in [0.05, 0.1) is 17.6 Å². The molecule has 4 saturated carbocycles. The van der Waals surface area contributed by atoms with Gasteiger partial charge in [-0.25, -0.2) is 0 Å². The summed E-state index contributed by atoms with van der Waals surface area (Å²) in [6.07, 6.45) is 10.2. The van der Waals surface area contributed by atoms with Crippen molar-refractivity contribution in [1.29, 1.82) is 0 Å². The fourth-order valence-electron chi connectivity index (χ4n) is 7.85. The molecular weight excluding hydrogens is 377 g/mol. The number of likely N-dealkylation sites (tertiary alicyclic amines) is 1. The minimum Gasteiger partial charge on any atom is -0.481 e. The van der Waals surface area contributed by atoms with E-state index in [9.17, 15) is 9.90 Å². The standard InChI is InChI=1S/C24H40BNO4/c1-23(2)18-13-20(23)24(3)21(14-18)29-25(30-24)9-8-16-6-7-17(19(12-16)22(27)28)15-26-10-4-5-11-26/h16-21H,4-15H2,1-3H3,(H,27,28)/t16-,17?,18+,19?,20+,21-,24+/m0/s1. The fraction of sp³-hybridized carbons (Fsp3) is 0.958. The number of hydrogen-bond acceptors (Lipinski definition) is 4. The zero-order chi connectivity index (χ0) is 21.1. The molecule has 2 aliphatic heterocycles. The average Bonchev–Trinajstić information content (AvgIpc) is 3.32. The maximum Gasteiger partial charge on any atom is 0.457 e. The first-order valence-corrected chi connectivity index (χ1v) is 12.6. The Balaban J connectivity index is 1.14. The lowest BCUT2D eigenvalue weighted by Crippen LogP contribution is -2.65. The number of carboxylic acids is 1. The highest BCUT2D eigenvalue weighted by molar-refractivity contribution is 6.45. The second-order valence-corrected chi connectivity index (χ2v) is 11.9. The Morgan fingerprint density at radius 1 is 1.13 bits per heavy atom. The number of nitrogens with zero attached hydrogens (tertiary/aromatic N) is 1. The van der Waals surface area contributed by atoms with Gasteiger partial charge in [0.1, 0.15) is 0 Å². The van der Waals surface area contributed by atoms with Crippen LogP contribution in [0.3, 0.4) is 0 Å². The molecule has 2 bridgehead atoms. The average molecular weight is 417 g/mol. The first-order valence-electron chi connectivity index (χ1n) is 12.6. The summed E-state index contributed by atoms with van der Waals surface area (Å²) in [6, 6.07) is 0. The van der Waals surface area contributed by atoms with Gasteiger partial charge in [-0.15, -0.1) is 0 Å². The summed E-state index contributed by atoms with van der Waals surface area (Å²) >= 11 is 0. The quantitative estimate of drug-likeness (QED) is 0.653. The molecule has 4 aliphatic carbocycles. The molecule has 2 heterocycles. The molecule has 6 aliphatic rings. The molecule has 2 saturated heterocycles. The van der Waals surface area contributed by atoms with E-state index in [1.807, 2.05) is 0 Å². The Labute approximate surface area is 182 Å². The third kappa shape index (κ3) is 3.55. The first-order chi connectivity index (χ1) is 14.3. The number of carbonyl (C=O) groups is 1. The van der Waals surface area contributed by atoms with Gasteiger partial charge >= 0.3 is 13.1 Å². The van der Waals surface area contributed by atoms with Crippen molar-refractivity contribution < 1.29 is 19.2 Å². The van der Waals surface area contributed by atoms with E-state index in [1.165, 1.54) is 19.3 Å². The van der Waals surface area contributed by atoms with E-state index < -0.39 is 5.97 Å². The van der Waals surface area contributed by atoms with Gasteiger partial charge in [0.25, 0.3) is 0 Å². The highest BCUT2D eigenvalue weighted by atomic mass is 16.7. The number of rotatable bonds is 6. The van der Waals surface area contributed by atoms with E-state index in [4.69, 9.17) is 9.31 Å². The van der Waals surface area contributed by atoms with Gasteiger partial charge in [-0.3, -0.25) is 4.79 Å². The van der Waals surface area contributed by atoms with E-state index in [0.717, 1.165) is 64.0 Å². The normalized spacial score (nSPS) is 45.2. The lowest BCUT2D eigenvalue weighted by Gasteiger charge is -2.64. The Kier molecular flexibility index (Phi) is 5.51. The van der Waals surface area contributed by atoms with Crippen molar-refractivity contribution in [1.82, 2.24) is 4.90 Å². The predicted molar refractivity (Wildman–Crippen MR) is 117 cm³/mol. The summed E-state index contributed by atoms with van der Waals surface area (Å²) in [7, 11) is -0.0965. The van der Waals surface area contributed by atoms with Crippen LogP contribution >= 0.6 is 0 Å². The summed E-state index contributed by atoms with van der Waals surface area (Å²) < 4.78 is 13.0. The third-order valence-electron chi connectivity index (χ3n) is 9.92. The Hall–Kier alpha value is -0.585. The molecule has 6 heteroatoms. The molecule has 6 rings (SSSR count). The van der Waals surface area contributed by atoms with Crippen LogP contribution in [0.5, 0.6) is 0 Å². The first kappa shape index (κ1) is 21.3. The van der Waals surface area contributed by atoms with Gasteiger partial charge in [-0.05, 0) is 93.9 Å². The lowest BCUT2D eigenvalue weighted by atomic mass is 9.43. The predicted octanol–water partition coefficient (Wildman–Crippen LogP) is 4.32. The Morgan fingerprint density at radius 2 is 1.90 bits per heavy atom. The summed E-state index contributed by atoms with van der Waals surface area (Å²) in [6.45, 7) is 10.4. The Morgan fingerprint density at radius 3 is 2.60 bits per heavy atom. The number of hydrogen-bond donors (Lipinski definition) is 1. The van der Waals surface area contributed by atoms with Crippen LogP contribution in [0.4, 0.5) is 0 Å². The largest absolute Gasteiger partial charge is 0.481 e. The minimum absolute atomic E-state index is 0.0965. The molecule has 0 aromatic rings. The zero-order valence-electron chi connectivity index (χ0n) is 19.1. The maximum atomic E-state index is 12.0. The van der Waals surface area contributed by atoms with Crippen molar-refractivity contribution in [2.45, 2.75) is 90.2 Å². The molecule has 0 amide bonds. The maximum absolute atomic E-state index is 12.0. The highest BCUT2D eigenvalue weighted by Gasteiger charge is 2.67. The van der Waals surface area contributed by atoms with Gasteiger partial charge in [0.15, 0.2) is 0 Å². The van der Waals surface area contributed by atoms with E-state index >= 15 is 0 Å². The fourth-order valence-corrected chi connectivity index (χ4v) is 7.85. The van der Waals surface area contributed by atoms with Crippen molar-refractivity contribution in [3.05, 3.63) is 0 Å². The molecule has 0 spiro atoms. The number of carboxylic acid groups (broad SMARTS) is 1. The van der Waals surface area contributed by atoms with Crippen LogP contribution in [0, 0.1) is 35.0 Å². The van der Waals surface area contributed by atoms with Crippen LogP contribution in [-0.4, -0.2) is 54.4 Å². The monoisotopic (exact) mass is 417 g/mol. The van der Waals surface area contributed by atoms with Crippen molar-refractivity contribution in [2.75, 3.05) is 19.6 Å². The van der Waals surface area contributed by atoms with Gasteiger partial charge in [-0.1, -0.05) is 26.7 Å². The molecule has 168 valence electrons. The van der Waals surface area contributed by atoms with E-state index in [0.29, 0.717) is 23.2 Å². The molecule has 0 radical (unpaired) electrons. The van der Waals surface area contributed by atoms with Crippen LogP contribution in [0.25, 0.3) is 0 Å². The smallest absolute Gasteiger partial charge is 0.457 e. The van der Waals surface area contributed by atoms with Crippen LogP contribution < -0.4 is 0 Å². The zero-order valence-corrected chi connectivity index (χ0v) is 19.1. The van der Waals surface area contributed by atoms with E-state index in [1.54, 1.807) is 0 Å². The van der Waals surface area contributed by atoms with Crippen LogP contribution in [-0.2, 0) is 14.1 Å². The van der Waals surface area contributed by atoms with Gasteiger partial charge in [0, 0.05) is 6.54 Å². The van der Waals surface area contributed by atoms with Gasteiger partial charge < -0.3 is 19.3 Å². The lowest BCUT2D eigenvalue weighted by molar-refractivity contribution is -0.199. The molecule has 2 unspecified atom stereocenters. The number of aliphatic carboxylic acids is 1. The molecule has 7 atom stereocenters. The molecule has 6 fully saturated rings. The Bertz CT molecular complexity index is 666. The summed E-state index contributed by atoms with van der Waals surface area (Å²) in [5.74, 6) is 1.45. The third-order valence-corrected chi connectivity index (χ3v) is 9.92. The van der Waals surface area contributed by atoms with Gasteiger partial charge in [0.2, 0.25) is 0 Å². The molecule has 0 aromatic heterocycles. The van der Waals surface area contributed by atoms with E-state index in [-0.39, 0.29) is 24.7 Å². The highest BCUT2D eigenvalue weighted by Crippen LogP contribution is 2.65. The van der Waals surface area contributed by atoms with Crippen LogP contribution in [0.15, 0.2) is 0 Å². The summed E-state index contributed by atoms with van der Waals surface area (Å²) in [5.41, 5.74) is 0.256. The van der Waals surface area contributed by atoms with Crippen molar-refractivity contribution in [3.63, 3.8) is 0 Å². The SMILES string of the molecule is CC1(C)[C@H]2C[C@@H]3OB(CC[C@@H]4CCC(CN5CCCC5)C(C(=O)O)C4)O[C@]3(C)[C@@H]1C2. The summed E-state index contributed by atoms with van der Waals surface area (Å²) in [4.78, 5) is 14.5. The molecule has 1 N–H and O–H groups in total.